The van der Waals surface area contributed by atoms with E-state index in [0.29, 0.717) is 22.9 Å². The van der Waals surface area contributed by atoms with Gasteiger partial charge in [0.25, 0.3) is 0 Å². The highest BCUT2D eigenvalue weighted by molar-refractivity contribution is 9.10. The zero-order chi connectivity index (χ0) is 29.5. The van der Waals surface area contributed by atoms with E-state index in [2.05, 4.69) is 67.7 Å². The summed E-state index contributed by atoms with van der Waals surface area (Å²) >= 11 is 3.58. The van der Waals surface area contributed by atoms with Crippen LogP contribution in [0.5, 0.6) is 0 Å². The molecule has 2 aromatic rings. The van der Waals surface area contributed by atoms with Crippen LogP contribution in [0.25, 0.3) is 16.9 Å². The quantitative estimate of drug-likeness (QED) is 0.195. The topological polar surface area (TPSA) is 49.0 Å². The average Bonchev–Trinajstić information content (AvgIpc) is 3.20. The lowest BCUT2D eigenvalue weighted by molar-refractivity contribution is 0.0144. The first-order valence-electron chi connectivity index (χ1n) is 16.6. The molecule has 1 saturated carbocycles. The summed E-state index contributed by atoms with van der Waals surface area (Å²) in [6.45, 7) is 13.6. The Kier molecular flexibility index (Phi) is 11.8. The molecule has 2 aromatic heterocycles. The molecule has 0 unspecified atom stereocenters. The first-order chi connectivity index (χ1) is 19.6. The smallest absolute Gasteiger partial charge is 0.334 e. The van der Waals surface area contributed by atoms with Crippen LogP contribution >= 0.6 is 15.9 Å². The Bertz CT molecular complexity index is 1190. The second kappa shape index (κ2) is 14.9. The maximum absolute atomic E-state index is 13.6. The number of fused-ring (bicyclic) bond motifs is 1. The molecule has 5 nitrogen and oxygen atoms in total. The van der Waals surface area contributed by atoms with Crippen molar-refractivity contribution in [3.05, 3.63) is 33.3 Å². The molecule has 0 aromatic carbocycles. The number of rotatable bonds is 14. The predicted molar refractivity (Wildman–Crippen MR) is 176 cm³/mol. The lowest BCUT2D eigenvalue weighted by Gasteiger charge is -2.39. The van der Waals surface area contributed by atoms with Gasteiger partial charge in [-0.05, 0) is 103 Å². The molecule has 0 bridgehead atoms. The van der Waals surface area contributed by atoms with Gasteiger partial charge >= 0.3 is 5.69 Å². The van der Waals surface area contributed by atoms with Crippen molar-refractivity contribution in [1.82, 2.24) is 14.1 Å². The summed E-state index contributed by atoms with van der Waals surface area (Å²) in [5.41, 5.74) is 3.75. The summed E-state index contributed by atoms with van der Waals surface area (Å²) in [7, 11) is 0. The lowest BCUT2D eigenvalue weighted by atomic mass is 9.67. The minimum Gasteiger partial charge on any atom is -0.378 e. The molecule has 0 aliphatic heterocycles. The van der Waals surface area contributed by atoms with Crippen LogP contribution in [0.1, 0.15) is 137 Å². The third kappa shape index (κ3) is 8.81. The Morgan fingerprint density at radius 3 is 2.29 bits per heavy atom. The molecule has 2 aliphatic rings. The number of aromatic nitrogens is 3. The Labute approximate surface area is 257 Å². The maximum atomic E-state index is 13.6. The fourth-order valence-corrected chi connectivity index (χ4v) is 6.80. The van der Waals surface area contributed by atoms with Gasteiger partial charge in [0.1, 0.15) is 0 Å². The highest BCUT2D eigenvalue weighted by Gasteiger charge is 2.31. The number of halogens is 1. The number of hydrogen-bond acceptors (Lipinski definition) is 3. The highest BCUT2D eigenvalue weighted by atomic mass is 79.9. The second-order valence-electron chi connectivity index (χ2n) is 14.5. The second-order valence-corrected chi connectivity index (χ2v) is 15.5. The van der Waals surface area contributed by atoms with E-state index in [1.165, 1.54) is 57.8 Å². The molecule has 0 radical (unpaired) electrons. The number of nitrogens with zero attached hydrogens (tertiary/aromatic N) is 3. The van der Waals surface area contributed by atoms with E-state index in [1.54, 1.807) is 0 Å². The molecule has 0 amide bonds. The summed E-state index contributed by atoms with van der Waals surface area (Å²) in [5, 5.41) is 0. The molecule has 0 atom stereocenters. The van der Waals surface area contributed by atoms with Crippen molar-refractivity contribution in [2.75, 3.05) is 6.61 Å². The largest absolute Gasteiger partial charge is 0.378 e. The van der Waals surface area contributed by atoms with Crippen LogP contribution in [0.2, 0.25) is 0 Å². The lowest BCUT2D eigenvalue weighted by Crippen LogP contribution is -2.30. The van der Waals surface area contributed by atoms with E-state index in [4.69, 9.17) is 4.74 Å². The molecule has 230 valence electrons. The van der Waals surface area contributed by atoms with Crippen molar-refractivity contribution in [3.8, 4) is 0 Å². The van der Waals surface area contributed by atoms with Gasteiger partial charge in [0.05, 0.1) is 11.6 Å². The Morgan fingerprint density at radius 1 is 0.951 bits per heavy atom. The maximum Gasteiger partial charge on any atom is 0.334 e. The van der Waals surface area contributed by atoms with Crippen molar-refractivity contribution < 1.29 is 4.74 Å². The van der Waals surface area contributed by atoms with Crippen LogP contribution in [0.4, 0.5) is 0 Å². The average molecular weight is 631 g/mol. The van der Waals surface area contributed by atoms with Crippen molar-refractivity contribution in [2.45, 2.75) is 150 Å². The third-order valence-corrected chi connectivity index (χ3v) is 10.8. The van der Waals surface area contributed by atoms with E-state index in [0.717, 1.165) is 79.4 Å². The van der Waals surface area contributed by atoms with Gasteiger partial charge in [0, 0.05) is 29.5 Å². The van der Waals surface area contributed by atoms with Gasteiger partial charge in [-0.25, -0.2) is 14.3 Å². The van der Waals surface area contributed by atoms with E-state index < -0.39 is 0 Å². The third-order valence-electron chi connectivity index (χ3n) is 10.4. The van der Waals surface area contributed by atoms with Crippen molar-refractivity contribution >= 4 is 32.8 Å². The molecule has 41 heavy (non-hydrogen) atoms. The number of pyridine rings is 1. The van der Waals surface area contributed by atoms with Gasteiger partial charge in [-0.15, -0.1) is 0 Å². The molecular formula is C35H56BrN3O2. The van der Waals surface area contributed by atoms with E-state index in [9.17, 15) is 4.79 Å². The van der Waals surface area contributed by atoms with Crippen LogP contribution in [0.3, 0.4) is 0 Å². The van der Waals surface area contributed by atoms with Gasteiger partial charge in [0.15, 0.2) is 5.65 Å². The van der Waals surface area contributed by atoms with Crippen LogP contribution in [0.15, 0.2) is 27.6 Å². The predicted octanol–water partition coefficient (Wildman–Crippen LogP) is 10.1. The Balaban J connectivity index is 1.14. The molecule has 0 N–H and O–H groups in total. The molecule has 2 heterocycles. The zero-order valence-electron chi connectivity index (χ0n) is 26.7. The van der Waals surface area contributed by atoms with Gasteiger partial charge in [0.2, 0.25) is 0 Å². The summed E-state index contributed by atoms with van der Waals surface area (Å²) in [6, 6.07) is 2.06. The van der Waals surface area contributed by atoms with Gasteiger partial charge < -0.3 is 4.74 Å². The minimum atomic E-state index is 0.0749. The van der Waals surface area contributed by atoms with Crippen LogP contribution in [-0.2, 0) is 11.3 Å². The number of ether oxygens (including phenoxy) is 1. The van der Waals surface area contributed by atoms with Crippen LogP contribution < -0.4 is 5.69 Å². The van der Waals surface area contributed by atoms with Crippen LogP contribution in [0, 0.1) is 16.7 Å². The van der Waals surface area contributed by atoms with Crippen molar-refractivity contribution in [3.63, 3.8) is 0 Å². The van der Waals surface area contributed by atoms with E-state index in [-0.39, 0.29) is 5.69 Å². The summed E-state index contributed by atoms with van der Waals surface area (Å²) in [6.07, 6.45) is 23.9. The fourth-order valence-electron chi connectivity index (χ4n) is 6.48. The minimum absolute atomic E-state index is 0.0749. The molecule has 6 heteroatoms. The normalized spacial score (nSPS) is 20.5. The number of allylic oxidation sites excluding steroid dienone is 2. The van der Waals surface area contributed by atoms with Gasteiger partial charge in [-0.1, -0.05) is 79.2 Å². The first-order valence-corrected chi connectivity index (χ1v) is 17.4. The van der Waals surface area contributed by atoms with Crippen LogP contribution in [-0.4, -0.2) is 26.8 Å². The van der Waals surface area contributed by atoms with Gasteiger partial charge in [-0.3, -0.25) is 4.57 Å². The molecule has 1 fully saturated rings. The van der Waals surface area contributed by atoms with Gasteiger partial charge in [-0.2, -0.15) is 0 Å². The number of imidazole rings is 1. The highest BCUT2D eigenvalue weighted by Crippen LogP contribution is 2.42. The fraction of sp³-hybridized carbons (Fsp3) is 0.771. The van der Waals surface area contributed by atoms with E-state index >= 15 is 0 Å². The standard InChI is InChI=1S/C35H56BrN3O2/c1-34(2,3)35(4,5)22-14-9-7-6-8-10-15-23-41-30-20-18-27(19-21-30)26-38-31-24-28(36)25-37-32(31)39(33(38)40)29-16-12-11-13-17-29/h16,24-25,27,30H,6-15,17-23,26H2,1-5H3. The molecule has 0 spiro atoms. The molecule has 0 saturated heterocycles. The number of hydrogen-bond donors (Lipinski definition) is 0. The Morgan fingerprint density at radius 2 is 1.63 bits per heavy atom. The van der Waals surface area contributed by atoms with E-state index in [1.807, 2.05) is 15.3 Å². The number of unbranched alkanes of at least 4 members (excludes halogenated alkanes) is 6. The molecular weight excluding hydrogens is 574 g/mol. The Hall–Kier alpha value is -1.40. The van der Waals surface area contributed by atoms with Crippen molar-refractivity contribution in [1.29, 1.82) is 0 Å². The first kappa shape index (κ1) is 32.5. The monoisotopic (exact) mass is 629 g/mol. The SMILES string of the molecule is CC(C)(C)C(C)(C)CCCCCCCCCOC1CCC(Cn2c(=O)n(C3=CCCCC3)c3ncc(Br)cc32)CC1. The molecule has 4 rings (SSSR count). The summed E-state index contributed by atoms with van der Waals surface area (Å²) < 4.78 is 11.1. The summed E-state index contributed by atoms with van der Waals surface area (Å²) in [5.74, 6) is 0.514. The van der Waals surface area contributed by atoms with Crippen molar-refractivity contribution in [2.24, 2.45) is 16.7 Å². The zero-order valence-corrected chi connectivity index (χ0v) is 28.2. The molecule has 2 aliphatic carbocycles. The summed E-state index contributed by atoms with van der Waals surface area (Å²) in [4.78, 5) is 18.3.